The van der Waals surface area contributed by atoms with Crippen molar-refractivity contribution in [2.75, 3.05) is 0 Å². The topological polar surface area (TPSA) is 26.0 Å². The second-order valence-electron chi connectivity index (χ2n) is 5.67. The Labute approximate surface area is 81.1 Å². The Kier molecular flexibility index (Phi) is 1.74. The number of nitrogens with two attached hydrogens (primary N) is 1. The van der Waals surface area contributed by atoms with Gasteiger partial charge in [0, 0.05) is 5.54 Å². The zero-order valence-corrected chi connectivity index (χ0v) is 8.47. The van der Waals surface area contributed by atoms with E-state index in [9.17, 15) is 0 Å². The van der Waals surface area contributed by atoms with Gasteiger partial charge in [0.1, 0.15) is 0 Å². The molecular weight excluding hydrogens is 158 g/mol. The summed E-state index contributed by atoms with van der Waals surface area (Å²) in [7, 11) is 0. The summed E-state index contributed by atoms with van der Waals surface area (Å²) >= 11 is 0. The zero-order valence-electron chi connectivity index (χ0n) is 8.47. The molecule has 2 N–H and O–H groups in total. The molecule has 0 radical (unpaired) electrons. The van der Waals surface area contributed by atoms with E-state index in [4.69, 9.17) is 5.73 Å². The lowest BCUT2D eigenvalue weighted by Crippen LogP contribution is -2.50. The van der Waals surface area contributed by atoms with Gasteiger partial charge in [-0.05, 0) is 49.9 Å². The second kappa shape index (κ2) is 2.73. The third kappa shape index (κ3) is 1.09. The molecule has 0 aromatic rings. The van der Waals surface area contributed by atoms with Crippen LogP contribution >= 0.6 is 0 Å². The summed E-state index contributed by atoms with van der Waals surface area (Å²) < 4.78 is 0. The zero-order chi connectivity index (χ0) is 8.89. The molecule has 0 heterocycles. The Morgan fingerprint density at radius 3 is 2.23 bits per heavy atom. The third-order valence-electron chi connectivity index (χ3n) is 5.06. The van der Waals surface area contributed by atoms with E-state index < -0.39 is 0 Å². The molecule has 1 heteroatoms. The van der Waals surface area contributed by atoms with E-state index in [-0.39, 0.29) is 0 Å². The van der Waals surface area contributed by atoms with Gasteiger partial charge in [-0.25, -0.2) is 0 Å². The Bertz CT molecular complexity index is 207. The summed E-state index contributed by atoms with van der Waals surface area (Å²) in [5.41, 5.74) is 6.94. The highest BCUT2D eigenvalue weighted by Gasteiger charge is 2.52. The lowest BCUT2D eigenvalue weighted by Gasteiger charge is -2.39. The van der Waals surface area contributed by atoms with Crippen LogP contribution in [-0.2, 0) is 0 Å². The maximum atomic E-state index is 6.65. The first-order valence-electron chi connectivity index (χ1n) is 6.08. The van der Waals surface area contributed by atoms with Crippen LogP contribution < -0.4 is 5.73 Å². The molecule has 3 rings (SSSR count). The molecular formula is C12H21N. The molecule has 0 amide bonds. The van der Waals surface area contributed by atoms with Gasteiger partial charge in [-0.3, -0.25) is 0 Å². The molecule has 74 valence electrons. The van der Waals surface area contributed by atoms with Crippen LogP contribution in [0.1, 0.15) is 51.4 Å². The van der Waals surface area contributed by atoms with Gasteiger partial charge in [-0.2, -0.15) is 0 Å². The van der Waals surface area contributed by atoms with E-state index >= 15 is 0 Å². The van der Waals surface area contributed by atoms with Gasteiger partial charge in [-0.1, -0.05) is 19.3 Å². The molecule has 1 nitrogen and oxygen atoms in total. The first-order chi connectivity index (χ1) is 6.29. The summed E-state index contributed by atoms with van der Waals surface area (Å²) in [4.78, 5) is 0. The van der Waals surface area contributed by atoms with Crippen molar-refractivity contribution in [1.82, 2.24) is 0 Å². The molecule has 13 heavy (non-hydrogen) atoms. The number of rotatable bonds is 1. The fourth-order valence-corrected chi connectivity index (χ4v) is 4.38. The largest absolute Gasteiger partial charge is 0.325 e. The molecule has 0 saturated heterocycles. The molecule has 3 aliphatic rings. The van der Waals surface area contributed by atoms with Crippen molar-refractivity contribution in [3.63, 3.8) is 0 Å². The van der Waals surface area contributed by atoms with Crippen molar-refractivity contribution >= 4 is 0 Å². The van der Waals surface area contributed by atoms with Crippen LogP contribution in [0.4, 0.5) is 0 Å². The summed E-state index contributed by atoms with van der Waals surface area (Å²) in [5, 5.41) is 0. The summed E-state index contributed by atoms with van der Waals surface area (Å²) in [6, 6.07) is 0. The molecule has 3 saturated carbocycles. The first kappa shape index (κ1) is 8.28. The van der Waals surface area contributed by atoms with Gasteiger partial charge in [0.05, 0.1) is 0 Å². The standard InChI is InChI=1S/C12H21N/c13-12(10-3-1-2-4-10)8-9-5-6-11(12)7-9/h9-11H,1-8,13H2. The van der Waals surface area contributed by atoms with E-state index in [1.807, 2.05) is 0 Å². The van der Waals surface area contributed by atoms with Crippen LogP contribution in [-0.4, -0.2) is 5.54 Å². The van der Waals surface area contributed by atoms with E-state index in [2.05, 4.69) is 0 Å². The van der Waals surface area contributed by atoms with Crippen molar-refractivity contribution in [3.05, 3.63) is 0 Å². The Morgan fingerprint density at radius 2 is 1.69 bits per heavy atom. The van der Waals surface area contributed by atoms with Crippen molar-refractivity contribution in [1.29, 1.82) is 0 Å². The van der Waals surface area contributed by atoms with Gasteiger partial charge >= 0.3 is 0 Å². The molecule has 3 aliphatic carbocycles. The fourth-order valence-electron chi connectivity index (χ4n) is 4.38. The van der Waals surface area contributed by atoms with Crippen molar-refractivity contribution < 1.29 is 0 Å². The van der Waals surface area contributed by atoms with Crippen LogP contribution in [0.15, 0.2) is 0 Å². The minimum atomic E-state index is 0.291. The molecule has 0 aliphatic heterocycles. The summed E-state index contributed by atoms with van der Waals surface area (Å²) in [6.07, 6.45) is 11.5. The fraction of sp³-hybridized carbons (Fsp3) is 1.00. The summed E-state index contributed by atoms with van der Waals surface area (Å²) in [5.74, 6) is 2.80. The summed E-state index contributed by atoms with van der Waals surface area (Å²) in [6.45, 7) is 0. The normalized spacial score (nSPS) is 50.5. The average Bonchev–Trinajstić information content (AvgIpc) is 2.79. The molecule has 0 spiro atoms. The van der Waals surface area contributed by atoms with E-state index in [1.165, 1.54) is 51.4 Å². The highest BCUT2D eigenvalue weighted by atomic mass is 14.8. The lowest BCUT2D eigenvalue weighted by molar-refractivity contribution is 0.177. The van der Waals surface area contributed by atoms with Crippen molar-refractivity contribution in [2.45, 2.75) is 56.9 Å². The second-order valence-corrected chi connectivity index (χ2v) is 5.67. The Hall–Kier alpha value is -0.0400. The van der Waals surface area contributed by atoms with Crippen molar-refractivity contribution in [2.24, 2.45) is 23.5 Å². The monoisotopic (exact) mass is 179 g/mol. The minimum Gasteiger partial charge on any atom is -0.325 e. The third-order valence-corrected chi connectivity index (χ3v) is 5.06. The van der Waals surface area contributed by atoms with E-state index in [1.54, 1.807) is 0 Å². The maximum Gasteiger partial charge on any atom is 0.0214 e. The SMILES string of the molecule is NC1(C2CCCC2)CC2CCC1C2. The lowest BCUT2D eigenvalue weighted by atomic mass is 9.72. The number of hydrogen-bond donors (Lipinski definition) is 1. The van der Waals surface area contributed by atoms with Gasteiger partial charge in [0.15, 0.2) is 0 Å². The molecule has 3 fully saturated rings. The first-order valence-corrected chi connectivity index (χ1v) is 6.08. The van der Waals surface area contributed by atoms with E-state index in [0.717, 1.165) is 17.8 Å². The smallest absolute Gasteiger partial charge is 0.0214 e. The molecule has 0 aromatic carbocycles. The van der Waals surface area contributed by atoms with E-state index in [0.29, 0.717) is 5.54 Å². The Balaban J connectivity index is 1.80. The van der Waals surface area contributed by atoms with Crippen LogP contribution in [0.3, 0.4) is 0 Å². The van der Waals surface area contributed by atoms with Gasteiger partial charge < -0.3 is 5.73 Å². The minimum absolute atomic E-state index is 0.291. The molecule has 0 aromatic heterocycles. The van der Waals surface area contributed by atoms with Gasteiger partial charge in [0.2, 0.25) is 0 Å². The predicted octanol–water partition coefficient (Wildman–Crippen LogP) is 2.69. The number of hydrogen-bond acceptors (Lipinski definition) is 1. The van der Waals surface area contributed by atoms with Crippen LogP contribution in [0.25, 0.3) is 0 Å². The Morgan fingerprint density at radius 1 is 0.923 bits per heavy atom. The highest BCUT2D eigenvalue weighted by Crippen LogP contribution is 2.55. The molecule has 3 atom stereocenters. The van der Waals surface area contributed by atoms with Gasteiger partial charge in [-0.15, -0.1) is 0 Å². The van der Waals surface area contributed by atoms with Crippen LogP contribution in [0.5, 0.6) is 0 Å². The quantitative estimate of drug-likeness (QED) is 0.658. The predicted molar refractivity (Wildman–Crippen MR) is 54.3 cm³/mol. The van der Waals surface area contributed by atoms with Crippen molar-refractivity contribution in [3.8, 4) is 0 Å². The number of fused-ring (bicyclic) bond motifs is 2. The molecule has 3 unspecified atom stereocenters. The molecule has 2 bridgehead atoms. The van der Waals surface area contributed by atoms with Crippen LogP contribution in [0.2, 0.25) is 0 Å². The maximum absolute atomic E-state index is 6.65. The van der Waals surface area contributed by atoms with Crippen LogP contribution in [0, 0.1) is 17.8 Å². The average molecular weight is 179 g/mol. The highest BCUT2D eigenvalue weighted by molar-refractivity contribution is 5.08. The van der Waals surface area contributed by atoms with Gasteiger partial charge in [0.25, 0.3) is 0 Å².